The first-order chi connectivity index (χ1) is 15.0. The molecule has 4 rings (SSSR count). The molecule has 9 heteroatoms. The summed E-state index contributed by atoms with van der Waals surface area (Å²) in [5, 5.41) is 2.75. The molecular weight excluding hydrogens is 484 g/mol. The molecule has 1 fully saturated rings. The Balaban J connectivity index is 1.67. The Hall–Kier alpha value is -3.30. The van der Waals surface area contributed by atoms with Gasteiger partial charge in [0.1, 0.15) is 17.1 Å². The summed E-state index contributed by atoms with van der Waals surface area (Å²) in [5.41, 5.74) is -0.00475. The minimum Gasteiger partial charge on any atom is -0.495 e. The Labute approximate surface area is 190 Å². The Morgan fingerprint density at radius 2 is 1.77 bits per heavy atom. The lowest BCUT2D eigenvalue weighted by molar-refractivity contribution is -0.122. The zero-order chi connectivity index (χ0) is 22.0. The Kier molecular flexibility index (Phi) is 5.97. The molecule has 1 aromatic heterocycles. The molecule has 2 aromatic carbocycles. The van der Waals surface area contributed by atoms with E-state index in [4.69, 9.17) is 9.15 Å². The van der Waals surface area contributed by atoms with Gasteiger partial charge in [0.25, 0.3) is 11.8 Å². The van der Waals surface area contributed by atoms with Crippen molar-refractivity contribution in [2.24, 2.45) is 0 Å². The lowest BCUT2D eigenvalue weighted by Crippen LogP contribution is -2.54. The minimum absolute atomic E-state index is 0.229. The van der Waals surface area contributed by atoms with Crippen molar-refractivity contribution in [2.45, 2.75) is 9.99 Å². The number of furan rings is 1. The quantitative estimate of drug-likeness (QED) is 0.398. The molecule has 1 N–H and O–H groups in total. The summed E-state index contributed by atoms with van der Waals surface area (Å²) < 4.78 is 11.7. The molecule has 3 aromatic rings. The lowest BCUT2D eigenvalue weighted by Gasteiger charge is -2.27. The van der Waals surface area contributed by atoms with Crippen LogP contribution in [-0.2, 0) is 9.59 Å². The second-order valence-corrected chi connectivity index (χ2v) is 8.23. The fourth-order valence-corrected chi connectivity index (χ4v) is 4.29. The van der Waals surface area contributed by atoms with Gasteiger partial charge in [0.2, 0.25) is 0 Å². The summed E-state index contributed by atoms with van der Waals surface area (Å²) in [7, 11) is 1.43. The molecule has 1 aliphatic rings. The largest absolute Gasteiger partial charge is 0.495 e. The average molecular weight is 499 g/mol. The van der Waals surface area contributed by atoms with Crippen LogP contribution < -0.4 is 15.0 Å². The first-order valence-electron chi connectivity index (χ1n) is 9.04. The maximum atomic E-state index is 13.1. The van der Waals surface area contributed by atoms with Crippen LogP contribution in [0, 0.1) is 0 Å². The molecule has 31 heavy (non-hydrogen) atoms. The molecule has 0 radical (unpaired) electrons. The number of anilines is 1. The molecule has 0 atom stereocenters. The Bertz CT molecular complexity index is 1210. The number of ether oxygens (including phenoxy) is 1. The third-order valence-electron chi connectivity index (χ3n) is 4.34. The summed E-state index contributed by atoms with van der Waals surface area (Å²) in [6.07, 6.45) is 1.31. The van der Waals surface area contributed by atoms with Crippen molar-refractivity contribution in [3.63, 3.8) is 0 Å². The van der Waals surface area contributed by atoms with E-state index < -0.39 is 17.8 Å². The second kappa shape index (κ2) is 8.83. The molecule has 0 spiro atoms. The highest BCUT2D eigenvalue weighted by Crippen LogP contribution is 2.37. The van der Waals surface area contributed by atoms with Crippen molar-refractivity contribution >= 4 is 57.3 Å². The van der Waals surface area contributed by atoms with Gasteiger partial charge in [-0.25, -0.2) is 9.69 Å². The molecule has 1 saturated heterocycles. The number of rotatable bonds is 5. The first kappa shape index (κ1) is 21.0. The molecule has 4 amide bonds. The molecule has 2 heterocycles. The first-order valence-corrected chi connectivity index (χ1v) is 10.7. The number of imide groups is 2. The molecule has 0 saturated carbocycles. The predicted octanol–water partition coefficient (Wildman–Crippen LogP) is 4.87. The van der Waals surface area contributed by atoms with Gasteiger partial charge in [-0.15, -0.1) is 0 Å². The summed E-state index contributed by atoms with van der Waals surface area (Å²) >= 11 is 4.83. The van der Waals surface area contributed by atoms with Crippen molar-refractivity contribution < 1.29 is 23.5 Å². The third kappa shape index (κ3) is 4.28. The fourth-order valence-electron chi connectivity index (χ4n) is 2.94. The number of nitrogens with one attached hydrogen (secondary N) is 1. The number of benzene rings is 2. The van der Waals surface area contributed by atoms with E-state index in [1.54, 1.807) is 30.3 Å². The number of halogens is 1. The highest BCUT2D eigenvalue weighted by atomic mass is 79.9. The standard InChI is InChI=1S/C22H15BrN2O5S/c1-29-18-10-6-5-9-17(18)25-20(27)15(19(26)24-22(25)28)11-13-12-16(23)21(30-13)31-14-7-3-2-4-8-14/h2-12H,1H3,(H,24,26,28)/b15-11+. The van der Waals surface area contributed by atoms with Crippen LogP contribution >= 0.6 is 27.7 Å². The number of carbonyl (C=O) groups excluding carboxylic acids is 3. The maximum absolute atomic E-state index is 13.1. The molecule has 0 bridgehead atoms. The second-order valence-electron chi connectivity index (χ2n) is 6.33. The fraction of sp³-hybridized carbons (Fsp3) is 0.0455. The summed E-state index contributed by atoms with van der Waals surface area (Å²) in [5.74, 6) is -0.964. The number of methoxy groups -OCH3 is 1. The third-order valence-corrected chi connectivity index (χ3v) is 6.19. The number of hydrogen-bond acceptors (Lipinski definition) is 6. The number of urea groups is 1. The van der Waals surface area contributed by atoms with Crippen LogP contribution in [-0.4, -0.2) is 25.0 Å². The van der Waals surface area contributed by atoms with Crippen LogP contribution in [0.2, 0.25) is 0 Å². The topological polar surface area (TPSA) is 88.8 Å². The van der Waals surface area contributed by atoms with Crippen molar-refractivity contribution in [1.29, 1.82) is 0 Å². The highest BCUT2D eigenvalue weighted by molar-refractivity contribution is 9.10. The van der Waals surface area contributed by atoms with Crippen LogP contribution in [0.3, 0.4) is 0 Å². The van der Waals surface area contributed by atoms with E-state index in [-0.39, 0.29) is 17.0 Å². The monoisotopic (exact) mass is 498 g/mol. The van der Waals surface area contributed by atoms with Gasteiger partial charge in [-0.3, -0.25) is 14.9 Å². The van der Waals surface area contributed by atoms with Gasteiger partial charge >= 0.3 is 6.03 Å². The van der Waals surface area contributed by atoms with Gasteiger partial charge in [-0.2, -0.15) is 0 Å². The molecule has 0 aliphatic carbocycles. The molecule has 0 unspecified atom stereocenters. The average Bonchev–Trinajstić information content (AvgIpc) is 3.11. The maximum Gasteiger partial charge on any atom is 0.336 e. The van der Waals surface area contributed by atoms with Crippen LogP contribution in [0.5, 0.6) is 5.75 Å². The molecule has 7 nitrogen and oxygen atoms in total. The molecule has 1 aliphatic heterocycles. The van der Waals surface area contributed by atoms with Crippen molar-refractivity contribution in [2.75, 3.05) is 12.0 Å². The Morgan fingerprint density at radius 3 is 2.52 bits per heavy atom. The normalized spacial score (nSPS) is 15.4. The van der Waals surface area contributed by atoms with Gasteiger partial charge in [-0.1, -0.05) is 42.1 Å². The number of amides is 4. The zero-order valence-electron chi connectivity index (χ0n) is 16.1. The van der Waals surface area contributed by atoms with Crippen molar-refractivity contribution in [3.05, 3.63) is 76.5 Å². The van der Waals surface area contributed by atoms with Gasteiger partial charge in [0, 0.05) is 4.90 Å². The predicted molar refractivity (Wildman–Crippen MR) is 119 cm³/mol. The summed E-state index contributed by atoms with van der Waals surface area (Å²) in [6, 6.07) is 17.0. The molecular formula is C22H15BrN2O5S. The van der Waals surface area contributed by atoms with E-state index in [0.717, 1.165) is 9.80 Å². The van der Waals surface area contributed by atoms with E-state index in [1.165, 1.54) is 24.9 Å². The number of para-hydroxylation sites is 2. The highest BCUT2D eigenvalue weighted by Gasteiger charge is 2.38. The smallest absolute Gasteiger partial charge is 0.336 e. The number of hydrogen-bond donors (Lipinski definition) is 1. The van der Waals surface area contributed by atoms with E-state index in [0.29, 0.717) is 15.3 Å². The van der Waals surface area contributed by atoms with Gasteiger partial charge < -0.3 is 9.15 Å². The summed E-state index contributed by atoms with van der Waals surface area (Å²) in [6.45, 7) is 0. The summed E-state index contributed by atoms with van der Waals surface area (Å²) in [4.78, 5) is 39.7. The van der Waals surface area contributed by atoms with Crippen LogP contribution in [0.15, 0.2) is 85.1 Å². The number of nitrogens with zero attached hydrogens (tertiary/aromatic N) is 1. The SMILES string of the molecule is COc1ccccc1N1C(=O)NC(=O)/C(=C\c2cc(Br)c(Sc3ccccc3)o2)C1=O. The van der Waals surface area contributed by atoms with Crippen molar-refractivity contribution in [3.8, 4) is 5.75 Å². The van der Waals surface area contributed by atoms with E-state index in [1.807, 2.05) is 30.3 Å². The minimum atomic E-state index is -0.849. The van der Waals surface area contributed by atoms with Gasteiger partial charge in [0.15, 0.2) is 5.09 Å². The van der Waals surface area contributed by atoms with E-state index in [9.17, 15) is 14.4 Å². The lowest BCUT2D eigenvalue weighted by atomic mass is 10.1. The Morgan fingerprint density at radius 1 is 1.06 bits per heavy atom. The van der Waals surface area contributed by atoms with Crippen LogP contribution in [0.4, 0.5) is 10.5 Å². The zero-order valence-corrected chi connectivity index (χ0v) is 18.5. The van der Waals surface area contributed by atoms with Crippen LogP contribution in [0.25, 0.3) is 6.08 Å². The van der Waals surface area contributed by atoms with Crippen molar-refractivity contribution in [1.82, 2.24) is 5.32 Å². The van der Waals surface area contributed by atoms with Gasteiger partial charge in [0.05, 0.1) is 17.3 Å². The van der Waals surface area contributed by atoms with Crippen LogP contribution in [0.1, 0.15) is 5.76 Å². The van der Waals surface area contributed by atoms with E-state index in [2.05, 4.69) is 21.2 Å². The van der Waals surface area contributed by atoms with Gasteiger partial charge in [-0.05, 0) is 52.3 Å². The number of barbiturate groups is 1. The molecule has 156 valence electrons. The van der Waals surface area contributed by atoms with E-state index >= 15 is 0 Å². The number of carbonyl (C=O) groups is 3.